The van der Waals surface area contributed by atoms with Gasteiger partial charge in [-0.2, -0.15) is 0 Å². The maximum atomic E-state index is 6.00. The van der Waals surface area contributed by atoms with Crippen molar-refractivity contribution in [2.24, 2.45) is 5.73 Å². The van der Waals surface area contributed by atoms with E-state index in [4.69, 9.17) is 10.5 Å². The van der Waals surface area contributed by atoms with Gasteiger partial charge in [0.15, 0.2) is 0 Å². The van der Waals surface area contributed by atoms with Crippen LogP contribution in [0.1, 0.15) is 25.3 Å². The monoisotopic (exact) mass is 234 g/mol. The summed E-state index contributed by atoms with van der Waals surface area (Å²) in [6.07, 6.45) is 2.36. The van der Waals surface area contributed by atoms with Crippen molar-refractivity contribution in [3.63, 3.8) is 0 Å². The van der Waals surface area contributed by atoms with Gasteiger partial charge in [0.1, 0.15) is 5.75 Å². The fourth-order valence-corrected chi connectivity index (χ4v) is 2.41. The highest BCUT2D eigenvalue weighted by molar-refractivity contribution is 5.33. The lowest BCUT2D eigenvalue weighted by molar-refractivity contribution is 0.198. The Morgan fingerprint density at radius 2 is 2.24 bits per heavy atom. The van der Waals surface area contributed by atoms with E-state index in [1.165, 1.54) is 12.0 Å². The molecule has 0 aliphatic carbocycles. The second kappa shape index (κ2) is 6.03. The van der Waals surface area contributed by atoms with Crippen molar-refractivity contribution in [1.82, 2.24) is 4.90 Å². The molecule has 0 radical (unpaired) electrons. The molecular weight excluding hydrogens is 212 g/mol. The van der Waals surface area contributed by atoms with Gasteiger partial charge in [-0.25, -0.2) is 0 Å². The van der Waals surface area contributed by atoms with Gasteiger partial charge < -0.3 is 10.5 Å². The molecule has 0 bridgehead atoms. The van der Waals surface area contributed by atoms with Crippen LogP contribution in [0.5, 0.6) is 5.75 Å². The minimum atomic E-state index is 0.336. The zero-order valence-corrected chi connectivity index (χ0v) is 10.6. The lowest BCUT2D eigenvalue weighted by atomic mass is 10.1. The Hall–Kier alpha value is -1.06. The molecule has 1 atom stereocenters. The van der Waals surface area contributed by atoms with Crippen LogP contribution in [-0.2, 0) is 6.54 Å². The third-order valence-corrected chi connectivity index (χ3v) is 3.21. The van der Waals surface area contributed by atoms with E-state index < -0.39 is 0 Å². The Kier molecular flexibility index (Phi) is 4.40. The van der Waals surface area contributed by atoms with Crippen LogP contribution in [0.4, 0.5) is 0 Å². The number of hydrogen-bond acceptors (Lipinski definition) is 3. The predicted octanol–water partition coefficient (Wildman–Crippen LogP) is 2.01. The third-order valence-electron chi connectivity index (χ3n) is 3.21. The molecule has 1 fully saturated rings. The first kappa shape index (κ1) is 12.4. The number of hydrogen-bond donors (Lipinski definition) is 1. The second-order valence-electron chi connectivity index (χ2n) is 4.68. The van der Waals surface area contributed by atoms with Crippen molar-refractivity contribution < 1.29 is 4.74 Å². The first-order valence-electron chi connectivity index (χ1n) is 6.48. The molecule has 0 unspecified atom stereocenters. The van der Waals surface area contributed by atoms with E-state index in [0.29, 0.717) is 6.04 Å². The van der Waals surface area contributed by atoms with Crippen molar-refractivity contribution in [3.05, 3.63) is 29.8 Å². The Morgan fingerprint density at radius 3 is 3.00 bits per heavy atom. The van der Waals surface area contributed by atoms with Crippen LogP contribution in [0.2, 0.25) is 0 Å². The summed E-state index contributed by atoms with van der Waals surface area (Å²) < 4.78 is 5.65. The predicted molar refractivity (Wildman–Crippen MR) is 70.1 cm³/mol. The van der Waals surface area contributed by atoms with Crippen LogP contribution in [0.25, 0.3) is 0 Å². The molecule has 2 N–H and O–H groups in total. The number of benzene rings is 1. The fourth-order valence-electron chi connectivity index (χ4n) is 2.41. The van der Waals surface area contributed by atoms with Crippen LogP contribution < -0.4 is 10.5 Å². The molecule has 17 heavy (non-hydrogen) atoms. The Labute approximate surface area is 104 Å². The standard InChI is InChI=1S/C14H22N2O/c1-2-17-14-8-4-3-6-12(14)10-16-9-5-7-13(15)11-16/h3-4,6,8,13H,2,5,7,9-11,15H2,1H3/t13-/m1/s1. The zero-order chi connectivity index (χ0) is 12.1. The van der Waals surface area contributed by atoms with E-state index >= 15 is 0 Å². The van der Waals surface area contributed by atoms with Crippen LogP contribution in [0, 0.1) is 0 Å². The number of rotatable bonds is 4. The lowest BCUT2D eigenvalue weighted by Gasteiger charge is -2.31. The number of para-hydroxylation sites is 1. The second-order valence-corrected chi connectivity index (χ2v) is 4.68. The minimum absolute atomic E-state index is 0.336. The molecule has 1 saturated heterocycles. The fraction of sp³-hybridized carbons (Fsp3) is 0.571. The van der Waals surface area contributed by atoms with E-state index in [-0.39, 0.29) is 0 Å². The molecule has 0 amide bonds. The summed E-state index contributed by atoms with van der Waals surface area (Å²) in [6, 6.07) is 8.62. The van der Waals surface area contributed by atoms with Gasteiger partial charge in [0.2, 0.25) is 0 Å². The van der Waals surface area contributed by atoms with E-state index in [1.807, 2.05) is 19.1 Å². The van der Waals surface area contributed by atoms with Gasteiger partial charge in [0.05, 0.1) is 6.61 Å². The maximum Gasteiger partial charge on any atom is 0.123 e. The van der Waals surface area contributed by atoms with Gasteiger partial charge in [-0.1, -0.05) is 18.2 Å². The first-order chi connectivity index (χ1) is 8.29. The molecule has 3 nitrogen and oxygen atoms in total. The van der Waals surface area contributed by atoms with Crippen molar-refractivity contribution in [2.45, 2.75) is 32.4 Å². The van der Waals surface area contributed by atoms with Gasteiger partial charge in [-0.05, 0) is 32.4 Å². The lowest BCUT2D eigenvalue weighted by Crippen LogP contribution is -2.42. The maximum absolute atomic E-state index is 6.00. The molecule has 1 heterocycles. The third kappa shape index (κ3) is 3.45. The molecule has 3 heteroatoms. The largest absolute Gasteiger partial charge is 0.494 e. The quantitative estimate of drug-likeness (QED) is 0.866. The summed E-state index contributed by atoms with van der Waals surface area (Å²) in [4.78, 5) is 2.42. The molecule has 0 aromatic heterocycles. The SMILES string of the molecule is CCOc1ccccc1CN1CCC[C@@H](N)C1. The summed E-state index contributed by atoms with van der Waals surface area (Å²) in [6.45, 7) is 5.84. The van der Waals surface area contributed by atoms with Gasteiger partial charge in [-0.15, -0.1) is 0 Å². The van der Waals surface area contributed by atoms with Gasteiger partial charge in [0.25, 0.3) is 0 Å². The van der Waals surface area contributed by atoms with Crippen LogP contribution in [0.15, 0.2) is 24.3 Å². The summed E-state index contributed by atoms with van der Waals surface area (Å²) in [5, 5.41) is 0. The van der Waals surface area contributed by atoms with Crippen molar-refractivity contribution in [2.75, 3.05) is 19.7 Å². The van der Waals surface area contributed by atoms with Crippen molar-refractivity contribution in [3.8, 4) is 5.75 Å². The number of nitrogens with zero attached hydrogens (tertiary/aromatic N) is 1. The normalized spacial score (nSPS) is 21.4. The summed E-state index contributed by atoms with van der Waals surface area (Å²) in [5.41, 5.74) is 7.27. The summed E-state index contributed by atoms with van der Waals surface area (Å²) >= 11 is 0. The van der Waals surface area contributed by atoms with Crippen molar-refractivity contribution >= 4 is 0 Å². The van der Waals surface area contributed by atoms with E-state index in [0.717, 1.165) is 38.4 Å². The zero-order valence-electron chi connectivity index (χ0n) is 10.6. The molecule has 1 aliphatic rings. The Morgan fingerprint density at radius 1 is 1.41 bits per heavy atom. The topological polar surface area (TPSA) is 38.5 Å². The number of likely N-dealkylation sites (tertiary alicyclic amines) is 1. The molecule has 0 saturated carbocycles. The average molecular weight is 234 g/mol. The summed E-state index contributed by atoms with van der Waals surface area (Å²) in [7, 11) is 0. The molecule has 2 rings (SSSR count). The number of nitrogens with two attached hydrogens (primary N) is 1. The Balaban J connectivity index is 2.01. The van der Waals surface area contributed by atoms with Gasteiger partial charge in [0, 0.05) is 24.7 Å². The van der Waals surface area contributed by atoms with Gasteiger partial charge >= 0.3 is 0 Å². The van der Waals surface area contributed by atoms with Crippen molar-refractivity contribution in [1.29, 1.82) is 0 Å². The first-order valence-corrected chi connectivity index (χ1v) is 6.48. The molecule has 1 aromatic rings. The number of ether oxygens (including phenoxy) is 1. The van der Waals surface area contributed by atoms with Crippen LogP contribution in [-0.4, -0.2) is 30.6 Å². The number of piperidine rings is 1. The van der Waals surface area contributed by atoms with E-state index in [1.54, 1.807) is 0 Å². The highest BCUT2D eigenvalue weighted by atomic mass is 16.5. The molecule has 94 valence electrons. The van der Waals surface area contributed by atoms with E-state index in [2.05, 4.69) is 17.0 Å². The highest BCUT2D eigenvalue weighted by Gasteiger charge is 2.17. The van der Waals surface area contributed by atoms with Crippen LogP contribution >= 0.6 is 0 Å². The molecular formula is C14H22N2O. The molecule has 1 aliphatic heterocycles. The Bertz CT molecular complexity index is 354. The highest BCUT2D eigenvalue weighted by Crippen LogP contribution is 2.21. The van der Waals surface area contributed by atoms with Crippen LogP contribution in [0.3, 0.4) is 0 Å². The summed E-state index contributed by atoms with van der Waals surface area (Å²) in [5.74, 6) is 1.01. The molecule has 0 spiro atoms. The average Bonchev–Trinajstić information content (AvgIpc) is 2.32. The van der Waals surface area contributed by atoms with E-state index in [9.17, 15) is 0 Å². The minimum Gasteiger partial charge on any atom is -0.494 e. The van der Waals surface area contributed by atoms with Gasteiger partial charge in [-0.3, -0.25) is 4.90 Å². The molecule has 1 aromatic carbocycles. The smallest absolute Gasteiger partial charge is 0.123 e.